The van der Waals surface area contributed by atoms with Gasteiger partial charge in [0.1, 0.15) is 17.3 Å². The quantitative estimate of drug-likeness (QED) is 0.420. The van der Waals surface area contributed by atoms with Crippen molar-refractivity contribution in [3.8, 4) is 6.07 Å². The maximum Gasteiger partial charge on any atom is 0.407 e. The summed E-state index contributed by atoms with van der Waals surface area (Å²) in [5.41, 5.74) is 0.944. The molecule has 0 bridgehead atoms. The lowest BCUT2D eigenvalue weighted by molar-refractivity contribution is -0.128. The van der Waals surface area contributed by atoms with Crippen LogP contribution < -0.4 is 10.6 Å². The van der Waals surface area contributed by atoms with Crippen LogP contribution in [0.2, 0.25) is 0 Å². The maximum atomic E-state index is 12.3. The highest BCUT2D eigenvalue weighted by Crippen LogP contribution is 2.31. The summed E-state index contributed by atoms with van der Waals surface area (Å²) in [6.07, 6.45) is 3.01. The smallest absolute Gasteiger partial charge is 0.355 e. The molecule has 1 saturated carbocycles. The lowest BCUT2D eigenvalue weighted by atomic mass is 9.86. The molecule has 2 heterocycles. The van der Waals surface area contributed by atoms with Crippen LogP contribution in [0.1, 0.15) is 31.4 Å². The molecule has 0 aromatic carbocycles. The van der Waals surface area contributed by atoms with Crippen molar-refractivity contribution in [3.63, 3.8) is 0 Å². The molecule has 2 aromatic heterocycles. The molecule has 1 aliphatic rings. The molecule has 0 N–H and O–H groups in total. The first-order valence-corrected chi connectivity index (χ1v) is 9.67. The standard InChI is InChI=1S/C18H19F2N6O2.Al/c1-25(13-6-3-11(4-7-13)10-22-28-17(19)20)16-15-14(26(2)18(27)24-16)8-5-12(9-21)23-15;/h5,8,11,13,17H,3-4,6-7H2,1-2H3;. The minimum atomic E-state index is -2.93. The van der Waals surface area contributed by atoms with Gasteiger partial charge in [-0.15, -0.1) is 5.16 Å². The summed E-state index contributed by atoms with van der Waals surface area (Å²) in [7, 11) is 3.46. The summed E-state index contributed by atoms with van der Waals surface area (Å²) in [5, 5.41) is 12.6. The number of fused-ring (bicyclic) bond motifs is 1. The third-order valence-corrected chi connectivity index (χ3v) is 5.86. The van der Waals surface area contributed by atoms with Gasteiger partial charge in [-0.05, 0) is 48.3 Å². The zero-order chi connectivity index (χ0) is 21.1. The van der Waals surface area contributed by atoms with E-state index in [-0.39, 0.29) is 17.7 Å². The van der Waals surface area contributed by atoms with E-state index < -0.39 is 12.3 Å². The van der Waals surface area contributed by atoms with E-state index in [0.717, 1.165) is 25.7 Å². The zero-order valence-corrected chi connectivity index (χ0v) is 17.2. The van der Waals surface area contributed by atoms with E-state index in [0.29, 0.717) is 21.4 Å². The van der Waals surface area contributed by atoms with Gasteiger partial charge >= 0.3 is 12.3 Å². The SMILES string of the molecule is CN(c1nc(=O)n(C)c2ccc(C#N)nc12)C1CCC(/[C]([Al])=N/OC(F)F)CC1. The second kappa shape index (κ2) is 8.85. The molecule has 1 aliphatic carbocycles. The van der Waals surface area contributed by atoms with Gasteiger partial charge in [-0.2, -0.15) is 19.0 Å². The van der Waals surface area contributed by atoms with Gasteiger partial charge in [-0.1, -0.05) is 0 Å². The Labute approximate surface area is 174 Å². The fraction of sp³-hybridized carbons (Fsp3) is 0.500. The average Bonchev–Trinajstić information content (AvgIpc) is 2.73. The molecule has 1 fully saturated rings. The fourth-order valence-electron chi connectivity index (χ4n) is 3.62. The summed E-state index contributed by atoms with van der Waals surface area (Å²) in [4.78, 5) is 26.8. The van der Waals surface area contributed by atoms with Crippen LogP contribution in [-0.2, 0) is 11.9 Å². The first kappa shape index (κ1) is 21.2. The molecule has 0 amide bonds. The molecule has 0 unspecified atom stereocenters. The number of halogens is 2. The molecule has 0 atom stereocenters. The average molecular weight is 416 g/mol. The van der Waals surface area contributed by atoms with Crippen molar-refractivity contribution < 1.29 is 13.6 Å². The monoisotopic (exact) mass is 416 g/mol. The lowest BCUT2D eigenvalue weighted by Crippen LogP contribution is -2.38. The van der Waals surface area contributed by atoms with E-state index in [4.69, 9.17) is 0 Å². The van der Waals surface area contributed by atoms with Crippen molar-refractivity contribution in [2.45, 2.75) is 38.3 Å². The number of anilines is 1. The molecule has 8 nitrogen and oxygen atoms in total. The van der Waals surface area contributed by atoms with Crippen LogP contribution >= 0.6 is 0 Å². The number of hydrogen-bond donors (Lipinski definition) is 0. The predicted octanol–water partition coefficient (Wildman–Crippen LogP) is 1.92. The van der Waals surface area contributed by atoms with Gasteiger partial charge in [0, 0.05) is 20.1 Å². The molecule has 2 radical (unpaired) electrons. The van der Waals surface area contributed by atoms with Crippen LogP contribution in [0.3, 0.4) is 0 Å². The highest BCUT2D eigenvalue weighted by atomic mass is 27.0. The number of nitrogens with zero attached hydrogens (tertiary/aromatic N) is 6. The largest absolute Gasteiger partial charge is 0.407 e. The number of oxime groups is 1. The number of hydrogen-bond acceptors (Lipinski definition) is 7. The van der Waals surface area contributed by atoms with Gasteiger partial charge in [-0.25, -0.2) is 9.78 Å². The summed E-state index contributed by atoms with van der Waals surface area (Å²) in [6, 6.07) is 5.36. The number of rotatable bonds is 5. The van der Waals surface area contributed by atoms with E-state index in [1.165, 1.54) is 4.57 Å². The Morgan fingerprint density at radius 2 is 2.07 bits per heavy atom. The normalized spacial score (nSPS) is 19.9. The van der Waals surface area contributed by atoms with E-state index in [9.17, 15) is 18.8 Å². The molecular weight excluding hydrogens is 397 g/mol. The maximum absolute atomic E-state index is 12.3. The van der Waals surface area contributed by atoms with E-state index in [1.807, 2.05) is 18.0 Å². The Morgan fingerprint density at radius 1 is 1.38 bits per heavy atom. The first-order valence-electron chi connectivity index (χ1n) is 9.09. The second-order valence-electron chi connectivity index (χ2n) is 6.95. The molecule has 150 valence electrons. The zero-order valence-electron chi connectivity index (χ0n) is 16.0. The van der Waals surface area contributed by atoms with Crippen molar-refractivity contribution in [3.05, 3.63) is 28.3 Å². The highest BCUT2D eigenvalue weighted by Gasteiger charge is 2.27. The van der Waals surface area contributed by atoms with Crippen LogP contribution in [0.25, 0.3) is 11.0 Å². The van der Waals surface area contributed by atoms with E-state index >= 15 is 0 Å². The summed E-state index contributed by atoms with van der Waals surface area (Å²) in [6.45, 7) is -2.93. The van der Waals surface area contributed by atoms with Crippen LogP contribution in [0.4, 0.5) is 14.6 Å². The lowest BCUT2D eigenvalue weighted by Gasteiger charge is -2.35. The number of nitriles is 1. The number of alkyl halides is 2. The third kappa shape index (κ3) is 4.55. The van der Waals surface area contributed by atoms with Crippen molar-refractivity contribution in [1.82, 2.24) is 14.5 Å². The number of pyridine rings is 1. The van der Waals surface area contributed by atoms with Crippen LogP contribution in [0.5, 0.6) is 0 Å². The second-order valence-corrected chi connectivity index (χ2v) is 7.54. The van der Waals surface area contributed by atoms with Crippen molar-refractivity contribution in [1.29, 1.82) is 5.26 Å². The molecule has 11 heteroatoms. The molecule has 29 heavy (non-hydrogen) atoms. The number of aromatic nitrogens is 3. The van der Waals surface area contributed by atoms with Crippen LogP contribution in [0.15, 0.2) is 22.1 Å². The van der Waals surface area contributed by atoms with Gasteiger partial charge in [-0.3, -0.25) is 4.57 Å². The highest BCUT2D eigenvalue weighted by molar-refractivity contribution is 6.60. The molecule has 0 spiro atoms. The minimum Gasteiger partial charge on any atom is -0.355 e. The fourth-order valence-corrected chi connectivity index (χ4v) is 4.02. The van der Waals surface area contributed by atoms with Crippen molar-refractivity contribution in [2.24, 2.45) is 18.1 Å². The van der Waals surface area contributed by atoms with Gasteiger partial charge in [0.05, 0.1) is 5.52 Å². The molecular formula is C18H19AlF2N6O2. The van der Waals surface area contributed by atoms with Crippen molar-refractivity contribution >= 4 is 37.7 Å². The topological polar surface area (TPSA) is 96.4 Å². The molecule has 0 aliphatic heterocycles. The molecule has 2 aromatic rings. The summed E-state index contributed by atoms with van der Waals surface area (Å²) < 4.78 is 26.2. The minimum absolute atomic E-state index is 0.0417. The molecule has 3 rings (SSSR count). The Balaban J connectivity index is 1.83. The van der Waals surface area contributed by atoms with Crippen LogP contribution in [-0.4, -0.2) is 55.1 Å². The van der Waals surface area contributed by atoms with E-state index in [2.05, 4.69) is 36.3 Å². The Bertz CT molecular complexity index is 1030. The van der Waals surface area contributed by atoms with Crippen LogP contribution in [0, 0.1) is 17.2 Å². The van der Waals surface area contributed by atoms with Gasteiger partial charge in [0.15, 0.2) is 5.82 Å². The van der Waals surface area contributed by atoms with E-state index in [1.54, 1.807) is 19.2 Å². The Morgan fingerprint density at radius 3 is 2.69 bits per heavy atom. The van der Waals surface area contributed by atoms with Crippen molar-refractivity contribution in [2.75, 3.05) is 11.9 Å². The van der Waals surface area contributed by atoms with Gasteiger partial charge in [0.2, 0.25) is 16.3 Å². The Kier molecular flexibility index (Phi) is 6.46. The first-order chi connectivity index (χ1) is 13.8. The van der Waals surface area contributed by atoms with Gasteiger partial charge < -0.3 is 9.74 Å². The number of aryl methyl sites for hydroxylation is 1. The summed E-state index contributed by atoms with van der Waals surface area (Å²) in [5.74, 6) is 0.476. The predicted molar refractivity (Wildman–Crippen MR) is 104 cm³/mol. The van der Waals surface area contributed by atoms with Gasteiger partial charge in [0.25, 0.3) is 0 Å². The molecule has 0 saturated heterocycles. The summed E-state index contributed by atoms with van der Waals surface area (Å²) >= 11 is 2.37. The Hall–Kier alpha value is -2.56. The third-order valence-electron chi connectivity index (χ3n) is 5.28.